The number of alkyl halides is 3. The number of benzene rings is 1. The first-order valence-corrected chi connectivity index (χ1v) is 12.9. The van der Waals surface area contributed by atoms with Crippen molar-refractivity contribution in [3.8, 4) is 5.19 Å². The molecular weight excluding hydrogens is 503 g/mol. The number of halogens is 3. The lowest BCUT2D eigenvalue weighted by atomic mass is 9.79. The molecule has 4 rings (SSSR count). The van der Waals surface area contributed by atoms with E-state index in [1.165, 1.54) is 6.07 Å². The summed E-state index contributed by atoms with van der Waals surface area (Å²) in [5.41, 5.74) is -0.958. The van der Waals surface area contributed by atoms with Gasteiger partial charge in [-0.05, 0) is 102 Å². The molecule has 1 N–H and O–H groups in total. The Hall–Kier alpha value is -2.91. The van der Waals surface area contributed by atoms with Gasteiger partial charge in [0.2, 0.25) is 0 Å². The minimum absolute atomic E-state index is 0.154. The van der Waals surface area contributed by atoms with E-state index in [-0.39, 0.29) is 28.2 Å². The van der Waals surface area contributed by atoms with Crippen molar-refractivity contribution < 1.29 is 32.5 Å². The highest BCUT2D eigenvalue weighted by Gasteiger charge is 2.48. The zero-order valence-electron chi connectivity index (χ0n) is 21.6. The molecule has 0 spiro atoms. The smallest absolute Gasteiger partial charge is 0.416 e. The van der Waals surface area contributed by atoms with Crippen LogP contribution >= 0.6 is 11.3 Å². The molecule has 37 heavy (non-hydrogen) atoms. The fraction of sp³-hybridized carbons (Fsp3) is 0.429. The van der Waals surface area contributed by atoms with Gasteiger partial charge in [0.05, 0.1) is 21.4 Å². The predicted molar refractivity (Wildman–Crippen MR) is 137 cm³/mol. The van der Waals surface area contributed by atoms with Crippen LogP contribution in [0.4, 0.5) is 13.2 Å². The van der Waals surface area contributed by atoms with Gasteiger partial charge in [-0.1, -0.05) is 17.4 Å². The molecule has 1 aromatic carbocycles. The molecule has 2 aliphatic rings. The van der Waals surface area contributed by atoms with Crippen molar-refractivity contribution in [2.24, 2.45) is 5.92 Å². The molecule has 0 amide bonds. The SMILES string of the molecule is C\C=C(/C(=C\C(=C/C)Oc1nc2ccc(C(F)(F)F)cc2s1)C1=C(O)C(C)(C)OC(C)(C)C1=O)C1CC1. The number of ether oxygens (including phenoxy) is 2. The molecule has 1 aromatic heterocycles. The maximum Gasteiger partial charge on any atom is 0.416 e. The Bertz CT molecular complexity index is 1370. The van der Waals surface area contributed by atoms with Crippen LogP contribution in [0.3, 0.4) is 0 Å². The van der Waals surface area contributed by atoms with Crippen molar-refractivity contribution in [1.29, 1.82) is 0 Å². The molecule has 0 atom stereocenters. The van der Waals surface area contributed by atoms with Crippen LogP contribution in [0.2, 0.25) is 0 Å². The van der Waals surface area contributed by atoms with Crippen LogP contribution in [-0.2, 0) is 15.7 Å². The minimum atomic E-state index is -4.45. The van der Waals surface area contributed by atoms with Gasteiger partial charge in [0.1, 0.15) is 22.7 Å². The Morgan fingerprint density at radius 2 is 1.84 bits per heavy atom. The molecule has 1 saturated carbocycles. The van der Waals surface area contributed by atoms with Crippen LogP contribution in [0, 0.1) is 5.92 Å². The average molecular weight is 534 g/mol. The standard InChI is InChI=1S/C28H30F3NO4S/c1-7-17(35-25-32-20-12-11-16(28(29,30)31)13-21(20)37-25)14-19(18(8-2)15-9-10-15)22-23(33)26(3,4)36-27(5,6)24(22)34/h7-8,11-15,33H,9-10H2,1-6H3/b17-7+,18-8-,19-14+. The van der Waals surface area contributed by atoms with Crippen molar-refractivity contribution in [3.63, 3.8) is 0 Å². The van der Waals surface area contributed by atoms with E-state index in [1.54, 1.807) is 46.8 Å². The number of aromatic nitrogens is 1. The second kappa shape index (κ2) is 9.44. The largest absolute Gasteiger partial charge is 0.508 e. The van der Waals surface area contributed by atoms with E-state index in [0.717, 1.165) is 41.9 Å². The first-order chi connectivity index (χ1) is 17.2. The van der Waals surface area contributed by atoms with Crippen LogP contribution < -0.4 is 4.74 Å². The van der Waals surface area contributed by atoms with Gasteiger partial charge in [0.25, 0.3) is 5.19 Å². The molecule has 0 bridgehead atoms. The van der Waals surface area contributed by atoms with E-state index in [2.05, 4.69) is 4.98 Å². The molecule has 5 nitrogen and oxygen atoms in total. The quantitative estimate of drug-likeness (QED) is 0.303. The topological polar surface area (TPSA) is 68.7 Å². The van der Waals surface area contributed by atoms with Crippen molar-refractivity contribution in [1.82, 2.24) is 4.98 Å². The van der Waals surface area contributed by atoms with Gasteiger partial charge >= 0.3 is 6.18 Å². The maximum atomic E-state index is 13.5. The summed E-state index contributed by atoms with van der Waals surface area (Å²) in [6.07, 6.45) is 2.80. The monoisotopic (exact) mass is 533 g/mol. The van der Waals surface area contributed by atoms with Crippen molar-refractivity contribution >= 4 is 27.3 Å². The fourth-order valence-electron chi connectivity index (χ4n) is 4.54. The Kier molecular flexibility index (Phi) is 6.92. The fourth-order valence-corrected chi connectivity index (χ4v) is 5.41. The summed E-state index contributed by atoms with van der Waals surface area (Å²) in [7, 11) is 0. The van der Waals surface area contributed by atoms with E-state index in [9.17, 15) is 23.1 Å². The summed E-state index contributed by atoms with van der Waals surface area (Å²) in [6, 6.07) is 3.36. The van der Waals surface area contributed by atoms with Gasteiger partial charge in [-0.25, -0.2) is 4.98 Å². The Balaban J connectivity index is 1.78. The molecule has 0 radical (unpaired) electrons. The molecule has 0 saturated heterocycles. The zero-order valence-corrected chi connectivity index (χ0v) is 22.4. The lowest BCUT2D eigenvalue weighted by Crippen LogP contribution is -2.50. The Labute approximate surface area is 218 Å². The van der Waals surface area contributed by atoms with Gasteiger partial charge in [-0.15, -0.1) is 0 Å². The highest BCUT2D eigenvalue weighted by molar-refractivity contribution is 7.20. The lowest BCUT2D eigenvalue weighted by Gasteiger charge is -2.41. The molecule has 198 valence electrons. The van der Waals surface area contributed by atoms with Crippen molar-refractivity contribution in [2.75, 3.05) is 0 Å². The number of aliphatic hydroxyl groups excluding tert-OH is 1. The third-order valence-corrected chi connectivity index (χ3v) is 7.37. The number of ketones is 1. The molecule has 2 heterocycles. The molecule has 9 heteroatoms. The van der Waals surface area contributed by atoms with E-state index in [0.29, 0.717) is 21.5 Å². The number of nitrogens with zero attached hydrogens (tertiary/aromatic N) is 1. The van der Waals surface area contributed by atoms with Crippen LogP contribution in [0.15, 0.2) is 64.7 Å². The number of hydrogen-bond acceptors (Lipinski definition) is 6. The van der Waals surface area contributed by atoms with Gasteiger partial charge in [-0.2, -0.15) is 13.2 Å². The van der Waals surface area contributed by atoms with Gasteiger partial charge in [0.15, 0.2) is 5.78 Å². The number of aliphatic hydroxyl groups is 1. The minimum Gasteiger partial charge on any atom is -0.508 e. The van der Waals surface area contributed by atoms with E-state index in [1.807, 2.05) is 13.0 Å². The lowest BCUT2D eigenvalue weighted by molar-refractivity contribution is -0.161. The van der Waals surface area contributed by atoms with Crippen LogP contribution in [0.1, 0.15) is 59.9 Å². The summed E-state index contributed by atoms with van der Waals surface area (Å²) in [5, 5.41) is 11.4. The van der Waals surface area contributed by atoms with Crippen LogP contribution in [-0.4, -0.2) is 27.1 Å². The number of rotatable bonds is 6. The number of carbonyl (C=O) groups excluding carboxylic acids is 1. The molecule has 0 unspecified atom stereocenters. The van der Waals surface area contributed by atoms with Crippen LogP contribution in [0.5, 0.6) is 5.19 Å². The number of carbonyl (C=O) groups is 1. The van der Waals surface area contributed by atoms with Crippen LogP contribution in [0.25, 0.3) is 10.2 Å². The average Bonchev–Trinajstić information content (AvgIpc) is 3.54. The van der Waals surface area contributed by atoms with Crippen molar-refractivity contribution in [3.05, 3.63) is 70.2 Å². The second-order valence-electron chi connectivity index (χ2n) is 10.2. The molecule has 1 fully saturated rings. The number of Topliss-reactive ketones (excluding diaryl/α,β-unsaturated/α-hetero) is 1. The van der Waals surface area contributed by atoms with Crippen molar-refractivity contribution in [2.45, 2.75) is 71.8 Å². The number of thiazole rings is 1. The van der Waals surface area contributed by atoms with E-state index in [4.69, 9.17) is 9.47 Å². The summed E-state index contributed by atoms with van der Waals surface area (Å²) >= 11 is 1.00. The Morgan fingerprint density at radius 1 is 1.16 bits per heavy atom. The molecular formula is C28H30F3NO4S. The molecule has 1 aliphatic carbocycles. The summed E-state index contributed by atoms with van der Waals surface area (Å²) in [5.74, 6) is 0.101. The highest BCUT2D eigenvalue weighted by Crippen LogP contribution is 2.47. The number of allylic oxidation sites excluding steroid dienone is 5. The zero-order chi connectivity index (χ0) is 27.3. The van der Waals surface area contributed by atoms with E-state index >= 15 is 0 Å². The maximum absolute atomic E-state index is 13.5. The van der Waals surface area contributed by atoms with Gasteiger partial charge < -0.3 is 14.6 Å². The first kappa shape index (κ1) is 27.1. The summed E-state index contributed by atoms with van der Waals surface area (Å²) < 4.78 is 51.6. The summed E-state index contributed by atoms with van der Waals surface area (Å²) in [4.78, 5) is 17.9. The number of hydrogen-bond donors (Lipinski definition) is 1. The first-order valence-electron chi connectivity index (χ1n) is 12.1. The molecule has 2 aromatic rings. The summed E-state index contributed by atoms with van der Waals surface area (Å²) in [6.45, 7) is 10.4. The third kappa shape index (κ3) is 5.38. The number of fused-ring (bicyclic) bond motifs is 1. The van der Waals surface area contributed by atoms with Gasteiger partial charge in [-0.3, -0.25) is 4.79 Å². The van der Waals surface area contributed by atoms with E-state index < -0.39 is 22.9 Å². The van der Waals surface area contributed by atoms with Gasteiger partial charge in [0, 0.05) is 0 Å². The normalized spacial score (nSPS) is 21.1. The predicted octanol–water partition coefficient (Wildman–Crippen LogP) is 7.85. The highest BCUT2D eigenvalue weighted by atomic mass is 32.1. The Morgan fingerprint density at radius 3 is 2.41 bits per heavy atom. The second-order valence-corrected chi connectivity index (χ2v) is 11.2. The molecule has 1 aliphatic heterocycles. The third-order valence-electron chi connectivity index (χ3n) is 6.47.